The van der Waals surface area contributed by atoms with Crippen molar-refractivity contribution < 1.29 is 32.6 Å². The lowest BCUT2D eigenvalue weighted by atomic mass is 9.81. The van der Waals surface area contributed by atoms with E-state index < -0.39 is 34.5 Å². The Balaban J connectivity index is 2.51. The number of halogens is 5. The molecule has 0 radical (unpaired) electrons. The number of hydrogen-bond donors (Lipinski definition) is 1. The van der Waals surface area contributed by atoms with Crippen molar-refractivity contribution in [2.45, 2.75) is 46.4 Å². The zero-order chi connectivity index (χ0) is 25.4. The van der Waals surface area contributed by atoms with Crippen molar-refractivity contribution >= 4 is 40.5 Å². The number of alkyl halides is 3. The lowest BCUT2D eigenvalue weighted by Gasteiger charge is -2.26. The summed E-state index contributed by atoms with van der Waals surface area (Å²) in [6.45, 7) is 8.22. The summed E-state index contributed by atoms with van der Waals surface area (Å²) >= 11 is 12.8. The number of carbonyl (C=O) groups is 2. The minimum absolute atomic E-state index is 0.0272. The van der Waals surface area contributed by atoms with E-state index in [9.17, 15) is 27.9 Å². The number of ether oxygens (including phenoxy) is 1. The molecule has 2 aromatic carbocycles. The van der Waals surface area contributed by atoms with Crippen molar-refractivity contribution in [2.24, 2.45) is 5.41 Å². The molecule has 0 aromatic heterocycles. The molecule has 0 unspecified atom stereocenters. The number of ketones is 1. The SMILES string of the molecule is CC(C)(C)C(=CC(=O)c1ccc(C(F)(F)F)cc1)c1ccc(OC(C)(C)C(=O)O)c(Cl)c1Cl. The van der Waals surface area contributed by atoms with E-state index in [0.29, 0.717) is 11.1 Å². The lowest BCUT2D eigenvalue weighted by Crippen LogP contribution is -2.38. The Labute approximate surface area is 200 Å². The Hall–Kier alpha value is -2.51. The Morgan fingerprint density at radius 3 is 1.91 bits per heavy atom. The molecular formula is C24H23Cl2F3O4. The third-order valence-electron chi connectivity index (χ3n) is 4.80. The standard InChI is InChI=1S/C24H23Cl2F3O4/c1-22(2,3)16(12-17(30)13-6-8-14(9-7-13)24(27,28)29)15-10-11-18(20(26)19(15)25)33-23(4,5)21(31)32/h6-12H,1-5H3,(H,31,32). The lowest BCUT2D eigenvalue weighted by molar-refractivity contribution is -0.152. The maximum atomic E-state index is 12.8. The Morgan fingerprint density at radius 2 is 1.45 bits per heavy atom. The molecule has 0 fully saturated rings. The maximum Gasteiger partial charge on any atom is 0.416 e. The molecular weight excluding hydrogens is 480 g/mol. The van der Waals surface area contributed by atoms with Crippen LogP contribution in [-0.2, 0) is 11.0 Å². The second kappa shape index (κ2) is 9.39. The third kappa shape index (κ3) is 6.30. The minimum atomic E-state index is -4.50. The molecule has 0 spiro atoms. The van der Waals surface area contributed by atoms with Crippen LogP contribution in [-0.4, -0.2) is 22.5 Å². The average Bonchev–Trinajstić information content (AvgIpc) is 2.68. The van der Waals surface area contributed by atoms with E-state index in [1.165, 1.54) is 26.0 Å². The predicted octanol–water partition coefficient (Wildman–Crippen LogP) is 7.57. The summed E-state index contributed by atoms with van der Waals surface area (Å²) in [4.78, 5) is 24.2. The number of aliphatic carboxylic acids is 1. The van der Waals surface area contributed by atoms with Crippen molar-refractivity contribution in [2.75, 3.05) is 0 Å². The maximum absolute atomic E-state index is 12.8. The van der Waals surface area contributed by atoms with Crippen LogP contribution in [0.1, 0.15) is 56.1 Å². The molecule has 0 heterocycles. The second-order valence-corrected chi connectivity index (χ2v) is 9.66. The number of rotatable bonds is 6. The number of allylic oxidation sites excluding steroid dienone is 2. The minimum Gasteiger partial charge on any atom is -0.478 e. The zero-order valence-corrected chi connectivity index (χ0v) is 20.1. The summed E-state index contributed by atoms with van der Waals surface area (Å²) in [7, 11) is 0. The Morgan fingerprint density at radius 1 is 0.909 bits per heavy atom. The normalized spacial score (nSPS) is 13.1. The summed E-state index contributed by atoms with van der Waals surface area (Å²) < 4.78 is 43.9. The van der Waals surface area contributed by atoms with E-state index in [1.807, 2.05) is 20.8 Å². The van der Waals surface area contributed by atoms with Gasteiger partial charge in [0.1, 0.15) is 10.8 Å². The molecule has 0 aliphatic carbocycles. The molecule has 178 valence electrons. The first kappa shape index (κ1) is 26.7. The van der Waals surface area contributed by atoms with Gasteiger partial charge in [-0.25, -0.2) is 4.79 Å². The molecule has 0 bridgehead atoms. The number of carbonyl (C=O) groups excluding carboxylic acids is 1. The zero-order valence-electron chi connectivity index (χ0n) is 18.6. The van der Waals surface area contributed by atoms with E-state index in [2.05, 4.69) is 0 Å². The fourth-order valence-electron chi connectivity index (χ4n) is 2.87. The molecule has 0 atom stereocenters. The van der Waals surface area contributed by atoms with Crippen LogP contribution in [0.2, 0.25) is 10.0 Å². The molecule has 1 N–H and O–H groups in total. The van der Waals surface area contributed by atoms with Crippen LogP contribution in [0, 0.1) is 5.41 Å². The van der Waals surface area contributed by atoms with Crippen molar-refractivity contribution in [3.05, 3.63) is 69.2 Å². The fourth-order valence-corrected chi connectivity index (χ4v) is 3.33. The first-order valence-corrected chi connectivity index (χ1v) is 10.6. The van der Waals surface area contributed by atoms with Gasteiger partial charge in [-0.3, -0.25) is 4.79 Å². The van der Waals surface area contributed by atoms with Crippen molar-refractivity contribution in [3.63, 3.8) is 0 Å². The number of carboxylic acid groups (broad SMARTS) is 1. The smallest absolute Gasteiger partial charge is 0.416 e. The highest BCUT2D eigenvalue weighted by atomic mass is 35.5. The van der Waals surface area contributed by atoms with Gasteiger partial charge in [0, 0.05) is 5.56 Å². The van der Waals surface area contributed by atoms with Gasteiger partial charge < -0.3 is 9.84 Å². The van der Waals surface area contributed by atoms with Gasteiger partial charge >= 0.3 is 12.1 Å². The summed E-state index contributed by atoms with van der Waals surface area (Å²) in [6, 6.07) is 6.92. The summed E-state index contributed by atoms with van der Waals surface area (Å²) in [6.07, 6.45) is -3.20. The predicted molar refractivity (Wildman–Crippen MR) is 122 cm³/mol. The highest BCUT2D eigenvalue weighted by Crippen LogP contribution is 2.44. The molecule has 2 aromatic rings. The second-order valence-electron chi connectivity index (χ2n) is 8.90. The van der Waals surface area contributed by atoms with E-state index in [1.54, 1.807) is 6.07 Å². The van der Waals surface area contributed by atoms with Crippen LogP contribution in [0.4, 0.5) is 13.2 Å². The monoisotopic (exact) mass is 502 g/mol. The molecule has 0 amide bonds. The Kier molecular flexibility index (Phi) is 7.61. The first-order valence-electron chi connectivity index (χ1n) is 9.79. The number of benzene rings is 2. The van der Waals surface area contributed by atoms with Crippen molar-refractivity contribution in [1.82, 2.24) is 0 Å². The number of hydrogen-bond acceptors (Lipinski definition) is 3. The molecule has 9 heteroatoms. The van der Waals surface area contributed by atoms with Gasteiger partial charge in [-0.2, -0.15) is 13.2 Å². The van der Waals surface area contributed by atoms with Gasteiger partial charge in [0.25, 0.3) is 0 Å². The van der Waals surface area contributed by atoms with Crippen LogP contribution in [0.3, 0.4) is 0 Å². The highest BCUT2D eigenvalue weighted by Gasteiger charge is 2.32. The first-order chi connectivity index (χ1) is 14.9. The van der Waals surface area contributed by atoms with Crippen LogP contribution in [0.15, 0.2) is 42.5 Å². The van der Waals surface area contributed by atoms with E-state index >= 15 is 0 Å². The van der Waals surface area contributed by atoms with Crippen LogP contribution < -0.4 is 4.74 Å². The van der Waals surface area contributed by atoms with Gasteiger partial charge in [0.2, 0.25) is 0 Å². The van der Waals surface area contributed by atoms with Crippen molar-refractivity contribution in [3.8, 4) is 5.75 Å². The Bertz CT molecular complexity index is 1100. The molecule has 33 heavy (non-hydrogen) atoms. The number of carboxylic acids is 1. The van der Waals surface area contributed by atoms with E-state index in [4.69, 9.17) is 27.9 Å². The van der Waals surface area contributed by atoms with Gasteiger partial charge in [0.05, 0.1) is 10.6 Å². The van der Waals surface area contributed by atoms with E-state index in [0.717, 1.165) is 24.3 Å². The van der Waals surface area contributed by atoms with Gasteiger partial charge in [-0.15, -0.1) is 0 Å². The van der Waals surface area contributed by atoms with E-state index in [-0.39, 0.29) is 21.4 Å². The van der Waals surface area contributed by atoms with Crippen LogP contribution >= 0.6 is 23.2 Å². The van der Waals surface area contributed by atoms with Gasteiger partial charge in [-0.05, 0) is 60.7 Å². The largest absolute Gasteiger partial charge is 0.478 e. The quantitative estimate of drug-likeness (QED) is 0.326. The molecule has 0 saturated carbocycles. The third-order valence-corrected chi connectivity index (χ3v) is 5.66. The summed E-state index contributed by atoms with van der Waals surface area (Å²) in [5, 5.41) is 9.30. The van der Waals surface area contributed by atoms with Gasteiger partial charge in [0.15, 0.2) is 11.4 Å². The van der Waals surface area contributed by atoms with Crippen LogP contribution in [0.5, 0.6) is 5.75 Å². The molecule has 2 rings (SSSR count). The van der Waals surface area contributed by atoms with Gasteiger partial charge in [-0.1, -0.05) is 56.1 Å². The highest BCUT2D eigenvalue weighted by molar-refractivity contribution is 6.44. The molecule has 0 aliphatic rings. The fraction of sp³-hybridized carbons (Fsp3) is 0.333. The average molecular weight is 503 g/mol. The molecule has 0 saturated heterocycles. The molecule has 0 aliphatic heterocycles. The topological polar surface area (TPSA) is 63.6 Å². The molecule has 4 nitrogen and oxygen atoms in total. The summed E-state index contributed by atoms with van der Waals surface area (Å²) in [5.41, 5.74) is -2.03. The summed E-state index contributed by atoms with van der Waals surface area (Å²) in [5.74, 6) is -1.65. The van der Waals surface area contributed by atoms with Crippen LogP contribution in [0.25, 0.3) is 5.57 Å². The van der Waals surface area contributed by atoms with Crippen molar-refractivity contribution in [1.29, 1.82) is 0 Å².